The molecule has 2 aromatic heterocycles. The van der Waals surface area contributed by atoms with Gasteiger partial charge in [0.05, 0.1) is 23.5 Å². The number of esters is 1. The fraction of sp³-hybridized carbons (Fsp3) is 0.300. The molecular formula is C30H30N4O2. The van der Waals surface area contributed by atoms with Gasteiger partial charge >= 0.3 is 5.97 Å². The first-order valence-corrected chi connectivity index (χ1v) is 12.6. The first kappa shape index (κ1) is 22.5. The third-order valence-corrected chi connectivity index (χ3v) is 7.18. The highest BCUT2D eigenvalue weighted by Crippen LogP contribution is 2.47. The minimum atomic E-state index is -0.465. The number of fused-ring (bicyclic) bond motifs is 5. The molecule has 0 radical (unpaired) electrons. The van der Waals surface area contributed by atoms with Gasteiger partial charge in [-0.15, -0.1) is 0 Å². The third kappa shape index (κ3) is 3.96. The number of ether oxygens (including phenoxy) is 1. The van der Waals surface area contributed by atoms with E-state index in [4.69, 9.17) is 9.72 Å². The molecule has 0 saturated heterocycles. The molecule has 2 aromatic carbocycles. The summed E-state index contributed by atoms with van der Waals surface area (Å²) in [5.74, 6) is 1.56. The second-order valence-corrected chi connectivity index (χ2v) is 10.8. The van der Waals surface area contributed by atoms with Gasteiger partial charge in [-0.05, 0) is 63.4 Å². The van der Waals surface area contributed by atoms with Gasteiger partial charge in [0.15, 0.2) is 5.82 Å². The summed E-state index contributed by atoms with van der Waals surface area (Å²) in [5.41, 5.74) is 5.54. The van der Waals surface area contributed by atoms with E-state index in [1.54, 1.807) is 6.20 Å². The lowest BCUT2D eigenvalue weighted by Crippen LogP contribution is -2.38. The van der Waals surface area contributed by atoms with Crippen molar-refractivity contribution in [3.63, 3.8) is 0 Å². The molecule has 1 saturated carbocycles. The van der Waals surface area contributed by atoms with Crippen molar-refractivity contribution in [2.45, 2.75) is 57.5 Å². The predicted octanol–water partition coefficient (Wildman–Crippen LogP) is 6.81. The zero-order valence-corrected chi connectivity index (χ0v) is 20.9. The number of carbonyl (C=O) groups excluding carboxylic acids is 1. The van der Waals surface area contributed by atoms with Crippen LogP contribution >= 0.6 is 0 Å². The number of benzene rings is 2. The number of imidazole rings is 1. The van der Waals surface area contributed by atoms with Crippen LogP contribution in [0.25, 0.3) is 28.3 Å². The number of para-hydroxylation sites is 1. The molecule has 0 amide bonds. The van der Waals surface area contributed by atoms with Gasteiger partial charge in [-0.1, -0.05) is 42.8 Å². The summed E-state index contributed by atoms with van der Waals surface area (Å²) < 4.78 is 7.75. The molecule has 1 aliphatic carbocycles. The van der Waals surface area contributed by atoms with Crippen molar-refractivity contribution < 1.29 is 9.53 Å². The summed E-state index contributed by atoms with van der Waals surface area (Å²) in [6.45, 7) is 5.76. The van der Waals surface area contributed by atoms with E-state index in [9.17, 15) is 4.79 Å². The lowest BCUT2D eigenvalue weighted by atomic mass is 9.62. The molecular weight excluding hydrogens is 448 g/mol. The van der Waals surface area contributed by atoms with Crippen LogP contribution in [0.1, 0.15) is 52.0 Å². The number of carbonyl (C=O) groups is 1. The first-order valence-electron chi connectivity index (χ1n) is 12.6. The summed E-state index contributed by atoms with van der Waals surface area (Å²) in [7, 11) is 0. The summed E-state index contributed by atoms with van der Waals surface area (Å²) in [6.07, 6.45) is 7.46. The van der Waals surface area contributed by atoms with Crippen LogP contribution in [0.4, 0.5) is 11.5 Å². The molecule has 4 aromatic rings. The number of hydrogen-bond donors (Lipinski definition) is 1. The standard InChI is InChI=1S/C30H30N4O2/c1-29(2,3)36-26(35)18-30(15-7-16-30)21-13-11-20(12-14-21)24-19-34-25-10-6-17-31-27(25)32-23-9-5-4-8-22(23)28(34)33-24/h4-6,8-14,17,19H,7,15-16,18H2,1-3H3,(H,31,32). The summed E-state index contributed by atoms with van der Waals surface area (Å²) in [6, 6.07) is 20.7. The fourth-order valence-corrected chi connectivity index (χ4v) is 5.31. The third-order valence-electron chi connectivity index (χ3n) is 7.18. The maximum atomic E-state index is 12.6. The Balaban J connectivity index is 1.34. The van der Waals surface area contributed by atoms with E-state index in [-0.39, 0.29) is 11.4 Å². The Labute approximate surface area is 211 Å². The molecule has 1 N–H and O–H groups in total. The van der Waals surface area contributed by atoms with Crippen molar-refractivity contribution >= 4 is 17.5 Å². The average Bonchev–Trinajstić information content (AvgIpc) is 3.21. The largest absolute Gasteiger partial charge is 0.460 e. The minimum Gasteiger partial charge on any atom is -0.460 e. The molecule has 0 atom stereocenters. The Morgan fingerprint density at radius 2 is 1.83 bits per heavy atom. The van der Waals surface area contributed by atoms with Crippen LogP contribution in [0.15, 0.2) is 73.1 Å². The SMILES string of the molecule is CC(C)(C)OC(=O)CC1(c2ccc(-c3cn4c(n3)-c3ccccc3Nc3ncccc3-4)cc2)CCC1. The van der Waals surface area contributed by atoms with E-state index < -0.39 is 5.60 Å². The molecule has 0 unspecified atom stereocenters. The quantitative estimate of drug-likeness (QED) is 0.287. The smallest absolute Gasteiger partial charge is 0.307 e. The molecule has 36 heavy (non-hydrogen) atoms. The Bertz CT molecular complexity index is 1380. The molecule has 0 spiro atoms. The van der Waals surface area contributed by atoms with Gasteiger partial charge in [0.2, 0.25) is 0 Å². The first-order chi connectivity index (χ1) is 17.3. The van der Waals surface area contributed by atoms with Crippen LogP contribution in [0, 0.1) is 0 Å². The molecule has 6 rings (SSSR count). The van der Waals surface area contributed by atoms with E-state index in [0.29, 0.717) is 6.42 Å². The molecule has 3 heterocycles. The maximum Gasteiger partial charge on any atom is 0.307 e. The van der Waals surface area contributed by atoms with Crippen LogP contribution in [-0.2, 0) is 14.9 Å². The number of nitrogens with one attached hydrogen (secondary N) is 1. The highest BCUT2D eigenvalue weighted by atomic mass is 16.6. The highest BCUT2D eigenvalue weighted by Gasteiger charge is 2.41. The molecule has 6 heteroatoms. The molecule has 0 bridgehead atoms. The van der Waals surface area contributed by atoms with Crippen molar-refractivity contribution in [3.8, 4) is 28.3 Å². The Hall–Kier alpha value is -3.93. The van der Waals surface area contributed by atoms with Crippen molar-refractivity contribution in [2.75, 3.05) is 5.32 Å². The predicted molar refractivity (Wildman–Crippen MR) is 142 cm³/mol. The van der Waals surface area contributed by atoms with Gasteiger partial charge < -0.3 is 10.1 Å². The van der Waals surface area contributed by atoms with Crippen LogP contribution in [0.2, 0.25) is 0 Å². The van der Waals surface area contributed by atoms with Crippen LogP contribution in [0.3, 0.4) is 0 Å². The number of hydrogen-bond acceptors (Lipinski definition) is 5. The van der Waals surface area contributed by atoms with E-state index in [0.717, 1.165) is 59.1 Å². The summed E-state index contributed by atoms with van der Waals surface area (Å²) in [5, 5.41) is 3.45. The van der Waals surface area contributed by atoms with Crippen molar-refractivity contribution in [2.24, 2.45) is 0 Å². The zero-order valence-electron chi connectivity index (χ0n) is 20.9. The van der Waals surface area contributed by atoms with Gasteiger partial charge in [-0.3, -0.25) is 9.36 Å². The minimum absolute atomic E-state index is 0.122. The van der Waals surface area contributed by atoms with Gasteiger partial charge in [0, 0.05) is 28.9 Å². The fourth-order valence-electron chi connectivity index (χ4n) is 5.31. The van der Waals surface area contributed by atoms with E-state index in [1.165, 1.54) is 5.56 Å². The zero-order chi connectivity index (χ0) is 24.9. The summed E-state index contributed by atoms with van der Waals surface area (Å²) >= 11 is 0. The van der Waals surface area contributed by atoms with Crippen LogP contribution < -0.4 is 5.32 Å². The van der Waals surface area contributed by atoms with Crippen LogP contribution in [-0.4, -0.2) is 26.1 Å². The number of pyridine rings is 1. The lowest BCUT2D eigenvalue weighted by Gasteiger charge is -2.42. The molecule has 1 aliphatic heterocycles. The van der Waals surface area contributed by atoms with Crippen molar-refractivity contribution in [1.29, 1.82) is 0 Å². The van der Waals surface area contributed by atoms with Gasteiger partial charge in [0.25, 0.3) is 0 Å². The topological polar surface area (TPSA) is 69.0 Å². The molecule has 6 nitrogen and oxygen atoms in total. The second kappa shape index (κ2) is 8.33. The Morgan fingerprint density at radius 1 is 1.06 bits per heavy atom. The number of aromatic nitrogens is 3. The number of nitrogens with zero attached hydrogens (tertiary/aromatic N) is 3. The number of anilines is 2. The van der Waals surface area contributed by atoms with E-state index in [1.807, 2.05) is 39.0 Å². The lowest BCUT2D eigenvalue weighted by molar-refractivity contribution is -0.157. The molecule has 2 aliphatic rings. The maximum absolute atomic E-state index is 12.6. The van der Waals surface area contributed by atoms with Crippen molar-refractivity contribution in [1.82, 2.24) is 14.5 Å². The van der Waals surface area contributed by atoms with Crippen LogP contribution in [0.5, 0.6) is 0 Å². The monoisotopic (exact) mass is 478 g/mol. The molecule has 1 fully saturated rings. The van der Waals surface area contributed by atoms with Gasteiger partial charge in [-0.25, -0.2) is 9.97 Å². The summed E-state index contributed by atoms with van der Waals surface area (Å²) in [4.78, 5) is 22.2. The average molecular weight is 479 g/mol. The Kier molecular flexibility index (Phi) is 5.21. The Morgan fingerprint density at radius 3 is 2.56 bits per heavy atom. The second-order valence-electron chi connectivity index (χ2n) is 10.8. The normalized spacial score (nSPS) is 15.4. The van der Waals surface area contributed by atoms with Crippen molar-refractivity contribution in [3.05, 3.63) is 78.6 Å². The van der Waals surface area contributed by atoms with Gasteiger partial charge in [-0.2, -0.15) is 0 Å². The molecule has 182 valence electrons. The highest BCUT2D eigenvalue weighted by molar-refractivity contribution is 5.84. The van der Waals surface area contributed by atoms with E-state index >= 15 is 0 Å². The van der Waals surface area contributed by atoms with Gasteiger partial charge in [0.1, 0.15) is 11.4 Å². The number of rotatable bonds is 4. The van der Waals surface area contributed by atoms with E-state index in [2.05, 4.69) is 63.5 Å².